The fourth-order valence-electron chi connectivity index (χ4n) is 4.51. The summed E-state index contributed by atoms with van der Waals surface area (Å²) in [6.45, 7) is 1.13. The summed E-state index contributed by atoms with van der Waals surface area (Å²) >= 11 is 6.50. The number of hydrogen-bond acceptors (Lipinski definition) is 5. The lowest BCUT2D eigenvalue weighted by atomic mass is 9.84. The number of nitroso groups, excluding NO2 is 1. The smallest absolute Gasteiger partial charge is 0.254 e. The van der Waals surface area contributed by atoms with Gasteiger partial charge in [0.1, 0.15) is 11.9 Å². The second-order valence-corrected chi connectivity index (χ2v) is 9.35. The van der Waals surface area contributed by atoms with Crippen LogP contribution in [0.4, 0.5) is 4.39 Å². The first-order valence-electron chi connectivity index (χ1n) is 11.8. The second-order valence-electron chi connectivity index (χ2n) is 8.94. The number of nitrogens with one attached hydrogen (secondary N) is 1. The Labute approximate surface area is 213 Å². The summed E-state index contributed by atoms with van der Waals surface area (Å²) < 4.78 is 21.9. The van der Waals surface area contributed by atoms with E-state index in [1.165, 1.54) is 22.8 Å². The van der Waals surface area contributed by atoms with E-state index in [9.17, 15) is 14.5 Å². The number of ether oxygens (including phenoxy) is 1. The van der Waals surface area contributed by atoms with E-state index in [1.807, 2.05) is 12.1 Å². The van der Waals surface area contributed by atoms with Crippen molar-refractivity contribution < 1.29 is 13.9 Å². The highest BCUT2D eigenvalue weighted by atomic mass is 35.5. The standard InChI is InChI=1S/C27H27ClFN3O4/c1-32-16-18(7-9-26(32)33)25(31-35)15-22(20-4-2-3-5-23(20)28)17-6-8-21(24(29)14-17)27(34)30-19-10-12-36-13-11-19/h2-9,14,16,19,22,25H,10-13,15H2,1H3,(H,30,34). The molecule has 2 aromatic carbocycles. The van der Waals surface area contributed by atoms with Crippen molar-refractivity contribution in [3.05, 3.63) is 109 Å². The zero-order chi connectivity index (χ0) is 25.7. The van der Waals surface area contributed by atoms with Crippen LogP contribution in [0, 0.1) is 10.7 Å². The second kappa shape index (κ2) is 11.6. The molecule has 1 aromatic heterocycles. The molecule has 1 aliphatic rings. The molecule has 1 amide bonds. The lowest BCUT2D eigenvalue weighted by Crippen LogP contribution is -2.39. The molecule has 0 aliphatic carbocycles. The zero-order valence-electron chi connectivity index (χ0n) is 19.8. The van der Waals surface area contributed by atoms with Crippen molar-refractivity contribution in [2.75, 3.05) is 13.2 Å². The van der Waals surface area contributed by atoms with Gasteiger partial charge in [0.05, 0.1) is 5.56 Å². The zero-order valence-corrected chi connectivity index (χ0v) is 20.6. The average Bonchev–Trinajstić information content (AvgIpc) is 2.88. The third-order valence-electron chi connectivity index (χ3n) is 6.56. The van der Waals surface area contributed by atoms with Gasteiger partial charge in [0, 0.05) is 49.5 Å². The van der Waals surface area contributed by atoms with Crippen molar-refractivity contribution in [2.24, 2.45) is 12.2 Å². The molecule has 0 radical (unpaired) electrons. The van der Waals surface area contributed by atoms with Crippen LogP contribution in [0.3, 0.4) is 0 Å². The van der Waals surface area contributed by atoms with Gasteiger partial charge in [-0.15, -0.1) is 0 Å². The maximum absolute atomic E-state index is 15.2. The Bertz CT molecular complexity index is 1310. The lowest BCUT2D eigenvalue weighted by Gasteiger charge is -2.24. The number of carbonyl (C=O) groups is 1. The largest absolute Gasteiger partial charge is 0.381 e. The number of rotatable bonds is 8. The SMILES string of the molecule is Cn1cc(C(CC(c2ccc(C(=O)NC3CCOCC3)c(F)c2)c2ccccc2Cl)N=O)ccc1=O. The molecule has 36 heavy (non-hydrogen) atoms. The van der Waals surface area contributed by atoms with Crippen molar-refractivity contribution in [1.29, 1.82) is 0 Å². The molecule has 1 aliphatic heterocycles. The summed E-state index contributed by atoms with van der Waals surface area (Å²) in [5, 5.41) is 6.65. The predicted octanol–water partition coefficient (Wildman–Crippen LogP) is 5.12. The molecule has 188 valence electrons. The first kappa shape index (κ1) is 25.7. The van der Waals surface area contributed by atoms with Crippen LogP contribution in [0.2, 0.25) is 5.02 Å². The highest BCUT2D eigenvalue weighted by molar-refractivity contribution is 6.31. The predicted molar refractivity (Wildman–Crippen MR) is 136 cm³/mol. The Morgan fingerprint density at radius 3 is 2.56 bits per heavy atom. The Hall–Kier alpha value is -3.36. The van der Waals surface area contributed by atoms with Crippen molar-refractivity contribution in [1.82, 2.24) is 9.88 Å². The summed E-state index contributed by atoms with van der Waals surface area (Å²) in [7, 11) is 1.60. The molecule has 0 bridgehead atoms. The van der Waals surface area contributed by atoms with E-state index in [-0.39, 0.29) is 23.6 Å². The summed E-state index contributed by atoms with van der Waals surface area (Å²) in [5.41, 5.74) is 1.57. The van der Waals surface area contributed by atoms with Crippen LogP contribution in [0.25, 0.3) is 0 Å². The van der Waals surface area contributed by atoms with Crippen LogP contribution >= 0.6 is 11.6 Å². The van der Waals surface area contributed by atoms with Crippen LogP contribution in [0.5, 0.6) is 0 Å². The third kappa shape index (κ3) is 5.88. The van der Waals surface area contributed by atoms with Gasteiger partial charge in [-0.2, -0.15) is 4.91 Å². The Morgan fingerprint density at radius 2 is 1.89 bits per heavy atom. The number of halogens is 2. The van der Waals surface area contributed by atoms with E-state index in [0.29, 0.717) is 47.8 Å². The summed E-state index contributed by atoms with van der Waals surface area (Å²) in [6, 6.07) is 13.7. The number of hydrogen-bond donors (Lipinski definition) is 1. The molecule has 0 saturated carbocycles. The number of aryl methyl sites for hydroxylation is 1. The number of amides is 1. The monoisotopic (exact) mass is 511 g/mol. The van der Waals surface area contributed by atoms with Crippen LogP contribution in [0.15, 0.2) is 70.8 Å². The normalized spacial score (nSPS) is 15.8. The van der Waals surface area contributed by atoms with Crippen molar-refractivity contribution in [2.45, 2.75) is 37.3 Å². The fraction of sp³-hybridized carbons (Fsp3) is 0.333. The first-order valence-corrected chi connectivity index (χ1v) is 12.2. The van der Waals surface area contributed by atoms with Crippen molar-refractivity contribution in [3.63, 3.8) is 0 Å². The molecular weight excluding hydrogens is 485 g/mol. The molecule has 1 N–H and O–H groups in total. The minimum absolute atomic E-state index is 0.0497. The molecular formula is C27H27ClFN3O4. The van der Waals surface area contributed by atoms with Gasteiger partial charge in [-0.1, -0.05) is 41.0 Å². The van der Waals surface area contributed by atoms with Crippen molar-refractivity contribution in [3.8, 4) is 0 Å². The highest BCUT2D eigenvalue weighted by Gasteiger charge is 2.26. The quantitative estimate of drug-likeness (QED) is 0.425. The Morgan fingerprint density at radius 1 is 1.17 bits per heavy atom. The molecule has 1 saturated heterocycles. The number of nitrogens with zero attached hydrogens (tertiary/aromatic N) is 2. The van der Waals surface area contributed by atoms with E-state index in [0.717, 1.165) is 0 Å². The van der Waals surface area contributed by atoms with Crippen LogP contribution in [-0.2, 0) is 11.8 Å². The Kier molecular flexibility index (Phi) is 8.28. The van der Waals surface area contributed by atoms with E-state index in [4.69, 9.17) is 16.3 Å². The van der Waals surface area contributed by atoms with E-state index in [2.05, 4.69) is 10.5 Å². The maximum Gasteiger partial charge on any atom is 0.254 e. The van der Waals surface area contributed by atoms with E-state index >= 15 is 4.39 Å². The van der Waals surface area contributed by atoms with Gasteiger partial charge >= 0.3 is 0 Å². The van der Waals surface area contributed by atoms with Gasteiger partial charge in [-0.3, -0.25) is 9.59 Å². The molecule has 0 spiro atoms. The van der Waals surface area contributed by atoms with Gasteiger partial charge in [0.2, 0.25) is 5.56 Å². The molecule has 9 heteroatoms. The van der Waals surface area contributed by atoms with Crippen molar-refractivity contribution >= 4 is 17.5 Å². The number of aromatic nitrogens is 1. The van der Waals surface area contributed by atoms with Gasteiger partial charge in [0.25, 0.3) is 5.91 Å². The topological polar surface area (TPSA) is 89.8 Å². The van der Waals surface area contributed by atoms with Gasteiger partial charge < -0.3 is 14.6 Å². The first-order chi connectivity index (χ1) is 17.4. The fourth-order valence-corrected chi connectivity index (χ4v) is 4.78. The van der Waals surface area contributed by atoms with E-state index in [1.54, 1.807) is 37.5 Å². The van der Waals surface area contributed by atoms with Crippen LogP contribution in [0.1, 0.15) is 58.3 Å². The summed E-state index contributed by atoms with van der Waals surface area (Å²) in [5.74, 6) is -1.62. The number of benzene rings is 2. The minimum Gasteiger partial charge on any atom is -0.381 e. The molecule has 1 fully saturated rings. The maximum atomic E-state index is 15.2. The van der Waals surface area contributed by atoms with Gasteiger partial charge in [0.15, 0.2) is 0 Å². The third-order valence-corrected chi connectivity index (χ3v) is 6.90. The average molecular weight is 512 g/mol. The molecule has 2 atom stereocenters. The number of carbonyl (C=O) groups excluding carboxylic acids is 1. The lowest BCUT2D eigenvalue weighted by molar-refractivity contribution is 0.0694. The Balaban J connectivity index is 1.65. The van der Waals surface area contributed by atoms with E-state index < -0.39 is 23.7 Å². The molecule has 2 unspecified atom stereocenters. The molecule has 3 aromatic rings. The van der Waals surface area contributed by atoms with Gasteiger partial charge in [-0.25, -0.2) is 4.39 Å². The minimum atomic E-state index is -0.808. The van der Waals surface area contributed by atoms with Crippen LogP contribution < -0.4 is 10.9 Å². The summed E-state index contributed by atoms with van der Waals surface area (Å²) in [4.78, 5) is 36.4. The molecule has 7 nitrogen and oxygen atoms in total. The van der Waals surface area contributed by atoms with Crippen LogP contribution in [-0.4, -0.2) is 29.7 Å². The summed E-state index contributed by atoms with van der Waals surface area (Å²) in [6.07, 6.45) is 3.14. The molecule has 4 rings (SSSR count). The molecule has 2 heterocycles. The highest BCUT2D eigenvalue weighted by Crippen LogP contribution is 2.39. The van der Waals surface area contributed by atoms with Gasteiger partial charge in [-0.05, 0) is 60.2 Å². The number of pyridine rings is 1.